The fourth-order valence-electron chi connectivity index (χ4n) is 7.88. The maximum atomic E-state index is 14.3. The molecule has 2 saturated carbocycles. The summed E-state index contributed by atoms with van der Waals surface area (Å²) in [5, 5.41) is 19.4. The van der Waals surface area contributed by atoms with E-state index in [0.717, 1.165) is 61.2 Å². The van der Waals surface area contributed by atoms with Gasteiger partial charge in [0, 0.05) is 43.2 Å². The summed E-state index contributed by atoms with van der Waals surface area (Å²) in [5.41, 5.74) is 2.63. The van der Waals surface area contributed by atoms with Crippen molar-refractivity contribution in [1.29, 1.82) is 0 Å². The van der Waals surface area contributed by atoms with Gasteiger partial charge in [-0.05, 0) is 81.4 Å². The molecule has 3 aliphatic heterocycles. The van der Waals surface area contributed by atoms with Gasteiger partial charge in [-0.15, -0.1) is 5.10 Å². The molecule has 3 fully saturated rings. The van der Waals surface area contributed by atoms with Crippen LogP contribution in [0.5, 0.6) is 5.75 Å². The van der Waals surface area contributed by atoms with E-state index >= 15 is 0 Å². The standard InChI is InChI=1S/C31H38ClN5O5/c1-30(29(40)41)10-4-5-20(30)28(39)36-14-9-19-21(32)7-8-25(42-17-22-23-6-2-3-13-37(23)34-33-22)27(19)24(36)16-35-18-31(11-12-31)15-26(35)38/h7-8,20,24H,2-6,9-18H2,1H3,(H,40,41)/t20-,24+,30-/m0/s1. The molecule has 3 atom stereocenters. The van der Waals surface area contributed by atoms with E-state index in [0.29, 0.717) is 62.5 Å². The summed E-state index contributed by atoms with van der Waals surface area (Å²) in [7, 11) is 0. The van der Waals surface area contributed by atoms with Crippen LogP contribution < -0.4 is 4.74 Å². The molecular weight excluding hydrogens is 558 g/mol. The number of carbonyl (C=O) groups is 3. The molecule has 224 valence electrons. The number of hydrogen-bond acceptors (Lipinski definition) is 6. The largest absolute Gasteiger partial charge is 0.487 e. The Morgan fingerprint density at radius 3 is 2.74 bits per heavy atom. The lowest BCUT2D eigenvalue weighted by atomic mass is 9.78. The van der Waals surface area contributed by atoms with Crippen molar-refractivity contribution in [2.45, 2.75) is 90.3 Å². The number of benzene rings is 1. The van der Waals surface area contributed by atoms with Gasteiger partial charge in [0.05, 0.1) is 23.1 Å². The molecule has 2 amide bonds. The van der Waals surface area contributed by atoms with Gasteiger partial charge >= 0.3 is 5.97 Å². The van der Waals surface area contributed by atoms with Crippen molar-refractivity contribution < 1.29 is 24.2 Å². The number of hydrogen-bond donors (Lipinski definition) is 1. The number of halogens is 1. The third kappa shape index (κ3) is 4.57. The first-order chi connectivity index (χ1) is 20.2. The van der Waals surface area contributed by atoms with E-state index in [1.54, 1.807) is 6.92 Å². The summed E-state index contributed by atoms with van der Waals surface area (Å²) in [4.78, 5) is 43.5. The smallest absolute Gasteiger partial charge is 0.310 e. The Kier molecular flexibility index (Phi) is 6.75. The Labute approximate surface area is 250 Å². The van der Waals surface area contributed by atoms with Crippen LogP contribution in [0.25, 0.3) is 0 Å². The first-order valence-electron chi connectivity index (χ1n) is 15.4. The second kappa shape index (κ2) is 10.2. The first kappa shape index (κ1) is 27.7. The Hall–Kier alpha value is -3.14. The Morgan fingerprint density at radius 1 is 1.14 bits per heavy atom. The highest BCUT2D eigenvalue weighted by Crippen LogP contribution is 2.54. The molecule has 10 nitrogen and oxygen atoms in total. The third-order valence-electron chi connectivity index (χ3n) is 10.7. The second-order valence-electron chi connectivity index (χ2n) is 13.3. The zero-order valence-corrected chi connectivity index (χ0v) is 24.9. The summed E-state index contributed by atoms with van der Waals surface area (Å²) in [6.45, 7) is 4.25. The predicted octanol–water partition coefficient (Wildman–Crippen LogP) is 4.18. The monoisotopic (exact) mass is 595 g/mol. The van der Waals surface area contributed by atoms with Gasteiger partial charge < -0.3 is 19.6 Å². The van der Waals surface area contributed by atoms with Gasteiger partial charge in [-0.3, -0.25) is 14.4 Å². The quantitative estimate of drug-likeness (QED) is 0.510. The number of carboxylic acids is 1. The fraction of sp³-hybridized carbons (Fsp3) is 0.645. The molecule has 2 aromatic rings. The van der Waals surface area contributed by atoms with Crippen LogP contribution in [0, 0.1) is 16.7 Å². The van der Waals surface area contributed by atoms with Crippen LogP contribution in [0.15, 0.2) is 12.1 Å². The molecule has 1 spiro atoms. The van der Waals surface area contributed by atoms with Gasteiger partial charge in [0.25, 0.3) is 0 Å². The average molecular weight is 596 g/mol. The summed E-state index contributed by atoms with van der Waals surface area (Å²) in [6.07, 6.45) is 8.01. The number of fused-ring (bicyclic) bond motifs is 2. The van der Waals surface area contributed by atoms with Crippen LogP contribution in [0.2, 0.25) is 5.02 Å². The number of carbonyl (C=O) groups excluding carboxylic acids is 2. The molecule has 11 heteroatoms. The molecular formula is C31H38ClN5O5. The van der Waals surface area contributed by atoms with E-state index in [2.05, 4.69) is 10.3 Å². The first-order valence-corrected chi connectivity index (χ1v) is 15.7. The molecule has 0 bridgehead atoms. The maximum Gasteiger partial charge on any atom is 0.310 e. The number of ether oxygens (including phenoxy) is 1. The highest BCUT2D eigenvalue weighted by atomic mass is 35.5. The highest BCUT2D eigenvalue weighted by Gasteiger charge is 2.54. The fourth-order valence-corrected chi connectivity index (χ4v) is 8.14. The summed E-state index contributed by atoms with van der Waals surface area (Å²) < 4.78 is 8.42. The SMILES string of the molecule is C[C@]1(C(=O)O)CCC[C@H]1C(=O)N1CCc2c(Cl)ccc(OCc3nnn4c3CCCC4)c2[C@H]1CN1CC2(CC2)CC1=O. The highest BCUT2D eigenvalue weighted by molar-refractivity contribution is 6.31. The zero-order valence-electron chi connectivity index (χ0n) is 24.1. The Balaban J connectivity index is 1.24. The van der Waals surface area contributed by atoms with E-state index < -0.39 is 23.3 Å². The van der Waals surface area contributed by atoms with Crippen molar-refractivity contribution in [1.82, 2.24) is 24.8 Å². The average Bonchev–Trinajstić information content (AvgIpc) is 3.27. The van der Waals surface area contributed by atoms with Crippen LogP contribution >= 0.6 is 11.6 Å². The predicted molar refractivity (Wildman–Crippen MR) is 153 cm³/mol. The van der Waals surface area contributed by atoms with E-state index in [4.69, 9.17) is 16.3 Å². The number of carboxylic acid groups (broad SMARTS) is 1. The number of aryl methyl sites for hydroxylation is 1. The summed E-state index contributed by atoms with van der Waals surface area (Å²) in [5.74, 6) is -0.964. The van der Waals surface area contributed by atoms with Gasteiger partial charge in [0.15, 0.2) is 0 Å². The molecule has 5 aliphatic rings. The lowest BCUT2D eigenvalue weighted by Crippen LogP contribution is -2.50. The molecule has 4 heterocycles. The molecule has 2 aliphatic carbocycles. The van der Waals surface area contributed by atoms with Crippen molar-refractivity contribution in [3.8, 4) is 5.75 Å². The minimum absolute atomic E-state index is 0.0810. The lowest BCUT2D eigenvalue weighted by Gasteiger charge is -2.42. The Morgan fingerprint density at radius 2 is 1.98 bits per heavy atom. The zero-order chi connectivity index (χ0) is 29.2. The van der Waals surface area contributed by atoms with Crippen LogP contribution in [-0.2, 0) is 40.4 Å². The topological polar surface area (TPSA) is 118 Å². The number of amides is 2. The molecule has 0 radical (unpaired) electrons. The molecule has 1 N–H and O–H groups in total. The van der Waals surface area contributed by atoms with Crippen molar-refractivity contribution >= 4 is 29.4 Å². The molecule has 1 aromatic heterocycles. The number of aliphatic carboxylic acids is 1. The summed E-state index contributed by atoms with van der Waals surface area (Å²) >= 11 is 6.77. The van der Waals surface area contributed by atoms with Crippen molar-refractivity contribution in [3.05, 3.63) is 39.7 Å². The van der Waals surface area contributed by atoms with Crippen LogP contribution in [0.1, 0.15) is 86.8 Å². The summed E-state index contributed by atoms with van der Waals surface area (Å²) in [6, 6.07) is 3.20. The number of likely N-dealkylation sites (tertiary alicyclic amines) is 1. The molecule has 1 saturated heterocycles. The molecule has 1 aromatic carbocycles. The van der Waals surface area contributed by atoms with Gasteiger partial charge in [-0.2, -0.15) is 0 Å². The molecule has 0 unspecified atom stereocenters. The van der Waals surface area contributed by atoms with Crippen molar-refractivity contribution in [3.63, 3.8) is 0 Å². The third-order valence-corrected chi connectivity index (χ3v) is 11.0. The van der Waals surface area contributed by atoms with Crippen LogP contribution in [0.3, 0.4) is 0 Å². The minimum Gasteiger partial charge on any atom is -0.487 e. The van der Waals surface area contributed by atoms with Gasteiger partial charge in [0.2, 0.25) is 11.8 Å². The normalized spacial score (nSPS) is 27.7. The van der Waals surface area contributed by atoms with E-state index in [-0.39, 0.29) is 23.8 Å². The van der Waals surface area contributed by atoms with E-state index in [9.17, 15) is 19.5 Å². The molecule has 7 rings (SSSR count). The van der Waals surface area contributed by atoms with Crippen LogP contribution in [0.4, 0.5) is 0 Å². The van der Waals surface area contributed by atoms with E-state index in [1.165, 1.54) is 0 Å². The van der Waals surface area contributed by atoms with Crippen molar-refractivity contribution in [2.75, 3.05) is 19.6 Å². The number of nitrogens with zero attached hydrogens (tertiary/aromatic N) is 5. The lowest BCUT2D eigenvalue weighted by molar-refractivity contribution is -0.157. The second-order valence-corrected chi connectivity index (χ2v) is 13.7. The van der Waals surface area contributed by atoms with Crippen LogP contribution in [-0.4, -0.2) is 67.3 Å². The van der Waals surface area contributed by atoms with E-state index in [1.807, 2.05) is 26.6 Å². The van der Waals surface area contributed by atoms with Gasteiger partial charge in [-0.1, -0.05) is 23.2 Å². The van der Waals surface area contributed by atoms with Gasteiger partial charge in [0.1, 0.15) is 18.1 Å². The van der Waals surface area contributed by atoms with Gasteiger partial charge in [-0.25, -0.2) is 4.68 Å². The Bertz CT molecular complexity index is 1450. The van der Waals surface area contributed by atoms with Crippen molar-refractivity contribution in [2.24, 2.45) is 16.7 Å². The maximum absolute atomic E-state index is 14.3. The number of aromatic nitrogens is 3. The minimum atomic E-state index is -1.11. The number of rotatable bonds is 7. The molecule has 42 heavy (non-hydrogen) atoms.